The second-order valence-electron chi connectivity index (χ2n) is 5.54. The van der Waals surface area contributed by atoms with E-state index in [1.165, 1.54) is 0 Å². The van der Waals surface area contributed by atoms with Crippen molar-refractivity contribution in [1.29, 1.82) is 0 Å². The van der Waals surface area contributed by atoms with Crippen molar-refractivity contribution in [1.82, 2.24) is 0 Å². The molecule has 0 N–H and O–H groups in total. The molecule has 0 unspecified atom stereocenters. The lowest BCUT2D eigenvalue weighted by molar-refractivity contribution is -0.130. The van der Waals surface area contributed by atoms with Gasteiger partial charge < -0.3 is 9.64 Å². The van der Waals surface area contributed by atoms with Crippen LogP contribution in [0.1, 0.15) is 29.8 Å². The van der Waals surface area contributed by atoms with E-state index in [-0.39, 0.29) is 11.4 Å². The molecule has 0 fully saturated rings. The van der Waals surface area contributed by atoms with Gasteiger partial charge in [0.25, 0.3) is 0 Å². The summed E-state index contributed by atoms with van der Waals surface area (Å²) >= 11 is 0. The van der Waals surface area contributed by atoms with E-state index in [2.05, 4.69) is 18.7 Å². The first kappa shape index (κ1) is 16.0. The maximum atomic E-state index is 12.5. The van der Waals surface area contributed by atoms with Gasteiger partial charge in [-0.1, -0.05) is 24.3 Å². The molecule has 4 nitrogen and oxygen atoms in total. The van der Waals surface area contributed by atoms with E-state index in [1.807, 2.05) is 24.3 Å². The van der Waals surface area contributed by atoms with Crippen LogP contribution in [-0.2, 0) is 4.79 Å². The number of para-hydroxylation sites is 1. The standard InChI is InChI=1S/C20H19NO3/c1-3-21(4-2)15-11-9-14(10-12-15)13-17-19(22)16-7-5-6-8-18(16)24-20(17)23/h5-13H,3-4H2,1-2H3/b17-13+. The predicted molar refractivity (Wildman–Crippen MR) is 94.4 cm³/mol. The van der Waals surface area contributed by atoms with Gasteiger partial charge in [0.05, 0.1) is 5.56 Å². The highest BCUT2D eigenvalue weighted by atomic mass is 16.5. The van der Waals surface area contributed by atoms with Gasteiger partial charge in [0.1, 0.15) is 11.3 Å². The highest BCUT2D eigenvalue weighted by Gasteiger charge is 2.30. The Kier molecular flexibility index (Phi) is 4.47. The molecule has 0 radical (unpaired) electrons. The Morgan fingerprint density at radius 2 is 1.62 bits per heavy atom. The topological polar surface area (TPSA) is 46.6 Å². The number of ether oxygens (including phenoxy) is 1. The summed E-state index contributed by atoms with van der Waals surface area (Å²) in [4.78, 5) is 26.9. The van der Waals surface area contributed by atoms with Crippen LogP contribution in [0.5, 0.6) is 5.75 Å². The van der Waals surface area contributed by atoms with Crippen LogP contribution in [0.3, 0.4) is 0 Å². The molecule has 2 aromatic rings. The number of Topliss-reactive ketones (excluding diaryl/α,β-unsaturated/α-hetero) is 1. The van der Waals surface area contributed by atoms with Crippen molar-refractivity contribution in [2.24, 2.45) is 0 Å². The van der Waals surface area contributed by atoms with Crippen molar-refractivity contribution in [3.63, 3.8) is 0 Å². The van der Waals surface area contributed by atoms with Gasteiger partial charge in [-0.3, -0.25) is 4.79 Å². The molecule has 0 atom stereocenters. The highest BCUT2D eigenvalue weighted by molar-refractivity contribution is 6.30. The lowest BCUT2D eigenvalue weighted by Crippen LogP contribution is -2.25. The van der Waals surface area contributed by atoms with Gasteiger partial charge >= 0.3 is 5.97 Å². The van der Waals surface area contributed by atoms with Crippen molar-refractivity contribution in [2.45, 2.75) is 13.8 Å². The number of rotatable bonds is 4. The quantitative estimate of drug-likeness (QED) is 0.373. The van der Waals surface area contributed by atoms with E-state index >= 15 is 0 Å². The average Bonchev–Trinajstić information content (AvgIpc) is 2.61. The summed E-state index contributed by atoms with van der Waals surface area (Å²) in [6.45, 7) is 6.07. The van der Waals surface area contributed by atoms with Crippen molar-refractivity contribution in [3.8, 4) is 5.75 Å². The Morgan fingerprint density at radius 1 is 0.958 bits per heavy atom. The van der Waals surface area contributed by atoms with E-state index in [0.29, 0.717) is 11.3 Å². The molecule has 2 aromatic carbocycles. The number of hydrogen-bond donors (Lipinski definition) is 0. The number of ketones is 1. The van der Waals surface area contributed by atoms with E-state index in [9.17, 15) is 9.59 Å². The molecule has 24 heavy (non-hydrogen) atoms. The number of hydrogen-bond acceptors (Lipinski definition) is 4. The predicted octanol–water partition coefficient (Wildman–Crippen LogP) is 3.72. The lowest BCUT2D eigenvalue weighted by Gasteiger charge is -2.21. The van der Waals surface area contributed by atoms with Crippen LogP contribution >= 0.6 is 0 Å². The number of esters is 1. The van der Waals surface area contributed by atoms with Crippen LogP contribution in [0.15, 0.2) is 54.1 Å². The maximum Gasteiger partial charge on any atom is 0.347 e. The fourth-order valence-electron chi connectivity index (χ4n) is 2.80. The number of carbonyl (C=O) groups is 2. The number of benzene rings is 2. The van der Waals surface area contributed by atoms with Crippen LogP contribution in [0, 0.1) is 0 Å². The van der Waals surface area contributed by atoms with Crippen LogP contribution in [-0.4, -0.2) is 24.8 Å². The third-order valence-corrected chi connectivity index (χ3v) is 4.13. The molecule has 1 aliphatic rings. The molecule has 0 spiro atoms. The molecule has 1 aliphatic heterocycles. The summed E-state index contributed by atoms with van der Waals surface area (Å²) in [6, 6.07) is 14.6. The summed E-state index contributed by atoms with van der Waals surface area (Å²) in [6.07, 6.45) is 1.59. The molecule has 122 valence electrons. The van der Waals surface area contributed by atoms with Crippen LogP contribution in [0.25, 0.3) is 6.08 Å². The minimum Gasteiger partial charge on any atom is -0.422 e. The number of fused-ring (bicyclic) bond motifs is 1. The minimum atomic E-state index is -0.605. The van der Waals surface area contributed by atoms with Gasteiger partial charge in [-0.05, 0) is 49.8 Å². The summed E-state index contributed by atoms with van der Waals surface area (Å²) in [5.74, 6) is -0.581. The van der Waals surface area contributed by atoms with Gasteiger partial charge in [0.15, 0.2) is 0 Å². The monoisotopic (exact) mass is 321 g/mol. The Bertz CT molecular complexity index is 802. The highest BCUT2D eigenvalue weighted by Crippen LogP contribution is 2.28. The van der Waals surface area contributed by atoms with E-state index < -0.39 is 5.97 Å². The molecule has 0 bridgehead atoms. The van der Waals surface area contributed by atoms with Gasteiger partial charge in [0.2, 0.25) is 5.78 Å². The molecule has 4 heteroatoms. The van der Waals surface area contributed by atoms with Gasteiger partial charge in [-0.15, -0.1) is 0 Å². The first-order chi connectivity index (χ1) is 11.6. The molecule has 0 saturated heterocycles. The average molecular weight is 321 g/mol. The van der Waals surface area contributed by atoms with Crippen molar-refractivity contribution in [3.05, 3.63) is 65.2 Å². The Hall–Kier alpha value is -2.88. The summed E-state index contributed by atoms with van der Waals surface area (Å²) in [5, 5.41) is 0. The van der Waals surface area contributed by atoms with E-state index in [1.54, 1.807) is 30.3 Å². The molecule has 0 aromatic heterocycles. The van der Waals surface area contributed by atoms with Crippen molar-refractivity contribution >= 4 is 23.5 Å². The van der Waals surface area contributed by atoms with Gasteiger partial charge in [0, 0.05) is 18.8 Å². The summed E-state index contributed by atoms with van der Waals surface area (Å²) in [5.41, 5.74) is 2.39. The molecule has 0 aliphatic carbocycles. The van der Waals surface area contributed by atoms with Gasteiger partial charge in [-0.25, -0.2) is 4.79 Å². The van der Waals surface area contributed by atoms with Crippen LogP contribution in [0.2, 0.25) is 0 Å². The fraction of sp³-hybridized carbons (Fsp3) is 0.200. The van der Waals surface area contributed by atoms with Gasteiger partial charge in [-0.2, -0.15) is 0 Å². The molecule has 1 heterocycles. The molecule has 0 amide bonds. The smallest absolute Gasteiger partial charge is 0.347 e. The third kappa shape index (κ3) is 2.95. The van der Waals surface area contributed by atoms with Crippen molar-refractivity contribution in [2.75, 3.05) is 18.0 Å². The molecular formula is C20H19NO3. The Labute approximate surface area is 141 Å². The Balaban J connectivity index is 1.91. The number of carbonyl (C=O) groups excluding carboxylic acids is 2. The first-order valence-corrected chi connectivity index (χ1v) is 8.06. The molecular weight excluding hydrogens is 302 g/mol. The third-order valence-electron chi connectivity index (χ3n) is 4.13. The zero-order chi connectivity index (χ0) is 17.1. The van der Waals surface area contributed by atoms with E-state index in [0.717, 1.165) is 24.3 Å². The van der Waals surface area contributed by atoms with Crippen molar-refractivity contribution < 1.29 is 14.3 Å². The zero-order valence-corrected chi connectivity index (χ0v) is 13.8. The lowest BCUT2D eigenvalue weighted by atomic mass is 9.98. The van der Waals surface area contributed by atoms with E-state index in [4.69, 9.17) is 4.74 Å². The number of anilines is 1. The second kappa shape index (κ2) is 6.71. The Morgan fingerprint density at radius 3 is 2.29 bits per heavy atom. The van der Waals surface area contributed by atoms with Crippen LogP contribution in [0.4, 0.5) is 5.69 Å². The normalized spacial score (nSPS) is 15.2. The SMILES string of the molecule is CCN(CC)c1ccc(/C=C2/C(=O)Oc3ccccc3C2=O)cc1. The molecule has 0 saturated carbocycles. The molecule has 3 rings (SSSR count). The minimum absolute atomic E-state index is 0.0595. The largest absolute Gasteiger partial charge is 0.422 e. The number of nitrogens with zero attached hydrogens (tertiary/aromatic N) is 1. The van der Waals surface area contributed by atoms with Crippen LogP contribution < -0.4 is 9.64 Å². The second-order valence-corrected chi connectivity index (χ2v) is 5.54. The maximum absolute atomic E-state index is 12.5. The summed E-state index contributed by atoms with van der Waals surface area (Å²) < 4.78 is 5.25. The zero-order valence-electron chi connectivity index (χ0n) is 13.8. The first-order valence-electron chi connectivity index (χ1n) is 8.06. The summed E-state index contributed by atoms with van der Waals surface area (Å²) in [7, 11) is 0. The fourth-order valence-corrected chi connectivity index (χ4v) is 2.80.